The van der Waals surface area contributed by atoms with Crippen LogP contribution in [0.4, 0.5) is 0 Å². The Labute approximate surface area is 179 Å². The van der Waals surface area contributed by atoms with Crippen LogP contribution in [0.5, 0.6) is 0 Å². The molecule has 0 atom stereocenters. The molecule has 0 N–H and O–H groups in total. The number of likely N-dealkylation sites (tertiary alicyclic amines) is 1. The van der Waals surface area contributed by atoms with Crippen molar-refractivity contribution >= 4 is 17.1 Å². The fourth-order valence-electron chi connectivity index (χ4n) is 4.38. The van der Waals surface area contributed by atoms with Gasteiger partial charge in [0.05, 0.1) is 6.33 Å². The SMILES string of the molecule is CC(C)c1nccn1CC1CCN(C(=O)Cn2cnc3c2c(=O)n(C)c(=O)n3C)CC1. The van der Waals surface area contributed by atoms with Gasteiger partial charge in [0.25, 0.3) is 5.56 Å². The average Bonchev–Trinajstić information content (AvgIpc) is 3.38. The molecule has 0 unspecified atom stereocenters. The maximum Gasteiger partial charge on any atom is 0.332 e. The highest BCUT2D eigenvalue weighted by Gasteiger charge is 2.25. The number of fused-ring (bicyclic) bond motifs is 1. The van der Waals surface area contributed by atoms with Gasteiger partial charge in [-0.15, -0.1) is 0 Å². The summed E-state index contributed by atoms with van der Waals surface area (Å²) in [4.78, 5) is 48.1. The largest absolute Gasteiger partial charge is 0.341 e. The lowest BCUT2D eigenvalue weighted by Crippen LogP contribution is -2.41. The molecule has 4 rings (SSSR count). The highest BCUT2D eigenvalue weighted by Crippen LogP contribution is 2.22. The lowest BCUT2D eigenvalue weighted by atomic mass is 9.96. The van der Waals surface area contributed by atoms with Gasteiger partial charge in [-0.1, -0.05) is 13.8 Å². The fourth-order valence-corrected chi connectivity index (χ4v) is 4.38. The lowest BCUT2D eigenvalue weighted by Gasteiger charge is -2.32. The zero-order chi connectivity index (χ0) is 22.3. The van der Waals surface area contributed by atoms with Crippen LogP contribution in [-0.4, -0.2) is 52.1 Å². The molecule has 1 aliphatic heterocycles. The van der Waals surface area contributed by atoms with Crippen molar-refractivity contribution in [2.24, 2.45) is 20.0 Å². The number of piperidine rings is 1. The second kappa shape index (κ2) is 8.16. The maximum atomic E-state index is 12.9. The molecule has 3 aromatic heterocycles. The number of nitrogens with zero attached hydrogens (tertiary/aromatic N) is 7. The smallest absolute Gasteiger partial charge is 0.332 e. The van der Waals surface area contributed by atoms with Gasteiger partial charge in [-0.25, -0.2) is 14.8 Å². The van der Waals surface area contributed by atoms with E-state index in [2.05, 4.69) is 28.4 Å². The number of imidazole rings is 2. The summed E-state index contributed by atoms with van der Waals surface area (Å²) < 4.78 is 6.14. The van der Waals surface area contributed by atoms with Gasteiger partial charge in [0, 0.05) is 52.0 Å². The minimum Gasteiger partial charge on any atom is -0.341 e. The fraction of sp³-hybridized carbons (Fsp3) is 0.571. The molecule has 0 aliphatic carbocycles. The number of hydrogen-bond donors (Lipinski definition) is 0. The summed E-state index contributed by atoms with van der Waals surface area (Å²) in [5.74, 6) is 1.95. The van der Waals surface area contributed by atoms with Gasteiger partial charge in [-0.3, -0.25) is 18.7 Å². The van der Waals surface area contributed by atoms with E-state index in [-0.39, 0.29) is 18.0 Å². The van der Waals surface area contributed by atoms with Crippen LogP contribution in [0.3, 0.4) is 0 Å². The van der Waals surface area contributed by atoms with E-state index >= 15 is 0 Å². The second-order valence-electron chi connectivity index (χ2n) is 8.67. The molecule has 0 radical (unpaired) electrons. The van der Waals surface area contributed by atoms with Gasteiger partial charge in [0.2, 0.25) is 5.91 Å². The molecule has 3 aromatic rings. The van der Waals surface area contributed by atoms with Crippen molar-refractivity contribution in [1.29, 1.82) is 0 Å². The highest BCUT2D eigenvalue weighted by molar-refractivity contribution is 5.79. The molecule has 31 heavy (non-hydrogen) atoms. The van der Waals surface area contributed by atoms with Gasteiger partial charge in [0.15, 0.2) is 11.2 Å². The predicted octanol–water partition coefficient (Wildman–Crippen LogP) is 0.692. The summed E-state index contributed by atoms with van der Waals surface area (Å²) >= 11 is 0. The van der Waals surface area contributed by atoms with E-state index in [0.29, 0.717) is 30.6 Å². The zero-order valence-electron chi connectivity index (χ0n) is 18.5. The van der Waals surface area contributed by atoms with Crippen molar-refractivity contribution in [3.63, 3.8) is 0 Å². The first-order chi connectivity index (χ1) is 14.8. The average molecular weight is 428 g/mol. The van der Waals surface area contributed by atoms with Gasteiger partial charge in [-0.2, -0.15) is 0 Å². The normalized spacial score (nSPS) is 15.3. The van der Waals surface area contributed by atoms with E-state index in [4.69, 9.17) is 0 Å². The van der Waals surface area contributed by atoms with Crippen LogP contribution in [0.15, 0.2) is 28.3 Å². The number of carbonyl (C=O) groups is 1. The van der Waals surface area contributed by atoms with Crippen LogP contribution < -0.4 is 11.2 Å². The van der Waals surface area contributed by atoms with E-state index in [1.54, 1.807) is 11.6 Å². The van der Waals surface area contributed by atoms with Gasteiger partial charge < -0.3 is 14.0 Å². The Morgan fingerprint density at radius 3 is 2.48 bits per heavy atom. The lowest BCUT2D eigenvalue weighted by molar-refractivity contribution is -0.133. The van der Waals surface area contributed by atoms with E-state index in [1.165, 1.54) is 17.9 Å². The Morgan fingerprint density at radius 1 is 1.10 bits per heavy atom. The molecule has 1 aliphatic rings. The van der Waals surface area contributed by atoms with Crippen LogP contribution in [-0.2, 0) is 32.0 Å². The monoisotopic (exact) mass is 427 g/mol. The van der Waals surface area contributed by atoms with Crippen LogP contribution in [0.25, 0.3) is 11.2 Å². The zero-order valence-corrected chi connectivity index (χ0v) is 18.5. The molecule has 10 heteroatoms. The second-order valence-corrected chi connectivity index (χ2v) is 8.67. The third-order valence-electron chi connectivity index (χ3n) is 6.21. The molecule has 1 amide bonds. The molecule has 0 saturated carbocycles. The molecule has 0 bridgehead atoms. The van der Waals surface area contributed by atoms with Crippen LogP contribution in [0.1, 0.15) is 38.4 Å². The standard InChI is InChI=1S/C21H29N7O3/c1-14(2)18-22-7-10-27(18)11-15-5-8-26(9-6-15)16(29)12-28-13-23-19-17(28)20(30)25(4)21(31)24(19)3/h7,10,13-15H,5-6,8-9,11-12H2,1-4H3. The van der Waals surface area contributed by atoms with Gasteiger partial charge in [0.1, 0.15) is 12.4 Å². The first-order valence-corrected chi connectivity index (χ1v) is 10.7. The van der Waals surface area contributed by atoms with E-state index in [1.807, 2.05) is 17.3 Å². The van der Waals surface area contributed by atoms with Crippen molar-refractivity contribution in [3.8, 4) is 0 Å². The number of carbonyl (C=O) groups excluding carboxylic acids is 1. The molecule has 10 nitrogen and oxygen atoms in total. The van der Waals surface area contributed by atoms with Crippen LogP contribution >= 0.6 is 0 Å². The minimum absolute atomic E-state index is 0.0353. The summed E-state index contributed by atoms with van der Waals surface area (Å²) in [6, 6.07) is 0. The Morgan fingerprint density at radius 2 is 1.81 bits per heavy atom. The molecule has 4 heterocycles. The molecular weight excluding hydrogens is 398 g/mol. The molecule has 166 valence electrons. The van der Waals surface area contributed by atoms with Crippen molar-refractivity contribution < 1.29 is 4.79 Å². The van der Waals surface area contributed by atoms with E-state index in [0.717, 1.165) is 29.8 Å². The summed E-state index contributed by atoms with van der Waals surface area (Å²) in [5.41, 5.74) is -0.312. The van der Waals surface area contributed by atoms with Crippen molar-refractivity contribution in [2.75, 3.05) is 13.1 Å². The van der Waals surface area contributed by atoms with Crippen molar-refractivity contribution in [1.82, 2.24) is 33.1 Å². The third kappa shape index (κ3) is 3.82. The van der Waals surface area contributed by atoms with Gasteiger partial charge in [-0.05, 0) is 18.8 Å². The van der Waals surface area contributed by atoms with Crippen LogP contribution in [0, 0.1) is 5.92 Å². The molecule has 1 fully saturated rings. The minimum atomic E-state index is -0.441. The molecule has 1 saturated heterocycles. The molecule has 0 spiro atoms. The Bertz CT molecular complexity index is 1220. The first-order valence-electron chi connectivity index (χ1n) is 10.7. The van der Waals surface area contributed by atoms with Crippen molar-refractivity contribution in [3.05, 3.63) is 45.4 Å². The summed E-state index contributed by atoms with van der Waals surface area (Å²) in [5, 5.41) is 0. The highest BCUT2D eigenvalue weighted by atomic mass is 16.2. The third-order valence-corrected chi connectivity index (χ3v) is 6.21. The summed E-state index contributed by atoms with van der Waals surface area (Å²) in [6.45, 7) is 6.63. The topological polar surface area (TPSA) is 100.0 Å². The first kappa shape index (κ1) is 21.1. The Kier molecular flexibility index (Phi) is 5.55. The number of amides is 1. The maximum absolute atomic E-state index is 12.9. The number of aromatic nitrogens is 6. The quantitative estimate of drug-likeness (QED) is 0.597. The number of aryl methyl sites for hydroxylation is 1. The van der Waals surface area contributed by atoms with Gasteiger partial charge >= 0.3 is 5.69 Å². The number of rotatable bonds is 5. The van der Waals surface area contributed by atoms with E-state index in [9.17, 15) is 14.4 Å². The molecular formula is C21H29N7O3. The summed E-state index contributed by atoms with van der Waals surface area (Å²) in [6.07, 6.45) is 7.21. The van der Waals surface area contributed by atoms with E-state index < -0.39 is 11.2 Å². The predicted molar refractivity (Wildman–Crippen MR) is 116 cm³/mol. The molecule has 0 aromatic carbocycles. The van der Waals surface area contributed by atoms with Crippen molar-refractivity contribution in [2.45, 2.75) is 45.7 Å². The Balaban J connectivity index is 1.43. The summed E-state index contributed by atoms with van der Waals surface area (Å²) in [7, 11) is 3.00. The Hall–Kier alpha value is -3.17. The van der Waals surface area contributed by atoms with Crippen LogP contribution in [0.2, 0.25) is 0 Å². The number of hydrogen-bond acceptors (Lipinski definition) is 5.